The van der Waals surface area contributed by atoms with Crippen molar-refractivity contribution in [3.8, 4) is 11.5 Å². The van der Waals surface area contributed by atoms with Crippen molar-refractivity contribution in [2.45, 2.75) is 13.3 Å². The first-order valence-corrected chi connectivity index (χ1v) is 7.67. The van der Waals surface area contributed by atoms with Gasteiger partial charge in [-0.3, -0.25) is 0 Å². The molecule has 0 aliphatic rings. The number of halogens is 1. The number of rotatable bonds is 4. The molecule has 0 saturated heterocycles. The summed E-state index contributed by atoms with van der Waals surface area (Å²) in [6.07, 6.45) is 0.879. The molecule has 2 N–H and O–H groups in total. The lowest BCUT2D eigenvalue weighted by Gasteiger charge is -2.13. The quantitative estimate of drug-likeness (QED) is 0.632. The molecule has 3 rings (SSSR count). The minimum atomic E-state index is 0.246. The highest BCUT2D eigenvalue weighted by Gasteiger charge is 2.12. The molecule has 112 valence electrons. The summed E-state index contributed by atoms with van der Waals surface area (Å²) in [6, 6.07) is 13.6. The molecule has 0 radical (unpaired) electrons. The number of nitrogens with zero attached hydrogens (tertiary/aromatic N) is 1. The van der Waals surface area contributed by atoms with E-state index in [-0.39, 0.29) is 4.84 Å². The van der Waals surface area contributed by atoms with E-state index in [0.29, 0.717) is 5.89 Å². The highest BCUT2D eigenvalue weighted by Crippen LogP contribution is 2.33. The Morgan fingerprint density at radius 2 is 1.95 bits per heavy atom. The van der Waals surface area contributed by atoms with Gasteiger partial charge in [-0.25, -0.2) is 5.10 Å². The number of aryl methyl sites for hydroxylation is 1. The van der Waals surface area contributed by atoms with Gasteiger partial charge in [0.1, 0.15) is 0 Å². The average Bonchev–Trinajstić information content (AvgIpc) is 2.96. The smallest absolute Gasteiger partial charge is 0.284 e. The maximum absolute atomic E-state index is 6.44. The number of aromatic amines is 1. The SMILES string of the molecule is CCc1cccc(Nc2ccccc2-c2n[nH]c(=S)o2)c1Cl. The Labute approximate surface area is 138 Å². The minimum absolute atomic E-state index is 0.246. The zero-order valence-electron chi connectivity index (χ0n) is 11.9. The van der Waals surface area contributed by atoms with Crippen LogP contribution in [-0.4, -0.2) is 10.2 Å². The molecule has 4 nitrogen and oxygen atoms in total. The summed E-state index contributed by atoms with van der Waals surface area (Å²) in [5, 5.41) is 10.8. The number of benzene rings is 2. The molecule has 0 fully saturated rings. The summed E-state index contributed by atoms with van der Waals surface area (Å²) < 4.78 is 5.40. The van der Waals surface area contributed by atoms with Crippen molar-refractivity contribution in [3.05, 3.63) is 57.9 Å². The number of hydrogen-bond acceptors (Lipinski definition) is 4. The molecule has 0 unspecified atom stereocenters. The Bertz CT molecular complexity index is 856. The molecule has 0 atom stereocenters. The predicted octanol–water partition coefficient (Wildman–Crippen LogP) is 5.36. The topological polar surface area (TPSA) is 53.9 Å². The number of anilines is 2. The van der Waals surface area contributed by atoms with E-state index in [1.165, 1.54) is 0 Å². The summed E-state index contributed by atoms with van der Waals surface area (Å²) in [4.78, 5) is 0.246. The molecule has 0 bridgehead atoms. The number of para-hydroxylation sites is 1. The number of aromatic nitrogens is 2. The molecular weight excluding hydrogens is 318 g/mol. The fraction of sp³-hybridized carbons (Fsp3) is 0.125. The molecule has 1 heterocycles. The second-order valence-corrected chi connectivity index (χ2v) is 5.47. The zero-order chi connectivity index (χ0) is 15.5. The van der Waals surface area contributed by atoms with E-state index in [9.17, 15) is 0 Å². The van der Waals surface area contributed by atoms with Crippen molar-refractivity contribution in [1.29, 1.82) is 0 Å². The van der Waals surface area contributed by atoms with E-state index in [2.05, 4.69) is 22.4 Å². The van der Waals surface area contributed by atoms with Crippen LogP contribution in [0.5, 0.6) is 0 Å². The van der Waals surface area contributed by atoms with E-state index >= 15 is 0 Å². The Balaban J connectivity index is 2.02. The van der Waals surface area contributed by atoms with Crippen LogP contribution in [0.2, 0.25) is 5.02 Å². The van der Waals surface area contributed by atoms with Gasteiger partial charge in [0.15, 0.2) is 0 Å². The van der Waals surface area contributed by atoms with Gasteiger partial charge in [0.25, 0.3) is 4.84 Å². The van der Waals surface area contributed by atoms with Crippen molar-refractivity contribution in [1.82, 2.24) is 10.2 Å². The molecule has 0 spiro atoms. The van der Waals surface area contributed by atoms with Crippen molar-refractivity contribution in [3.63, 3.8) is 0 Å². The number of hydrogen-bond donors (Lipinski definition) is 2. The van der Waals surface area contributed by atoms with Crippen molar-refractivity contribution < 1.29 is 4.42 Å². The standard InChI is InChI=1S/C16H14ClN3OS/c1-2-10-6-5-9-13(14(10)17)18-12-8-4-3-7-11(12)15-19-20-16(22)21-15/h3-9,18H,2H2,1H3,(H,20,22). The summed E-state index contributed by atoms with van der Waals surface area (Å²) in [7, 11) is 0. The van der Waals surface area contributed by atoms with Crippen LogP contribution in [0.25, 0.3) is 11.5 Å². The molecule has 0 amide bonds. The van der Waals surface area contributed by atoms with E-state index < -0.39 is 0 Å². The molecule has 6 heteroatoms. The molecule has 0 saturated carbocycles. The lowest BCUT2D eigenvalue weighted by molar-refractivity contribution is 0.552. The van der Waals surface area contributed by atoms with Crippen LogP contribution in [0.4, 0.5) is 11.4 Å². The molecule has 0 aliphatic carbocycles. The van der Waals surface area contributed by atoms with Gasteiger partial charge >= 0.3 is 0 Å². The van der Waals surface area contributed by atoms with Gasteiger partial charge in [0.2, 0.25) is 5.89 Å². The van der Waals surface area contributed by atoms with Crippen LogP contribution in [0, 0.1) is 4.84 Å². The van der Waals surface area contributed by atoms with Crippen LogP contribution < -0.4 is 5.32 Å². The Morgan fingerprint density at radius 3 is 2.68 bits per heavy atom. The monoisotopic (exact) mass is 331 g/mol. The molecule has 0 aliphatic heterocycles. The normalized spacial score (nSPS) is 10.6. The maximum Gasteiger partial charge on any atom is 0.284 e. The van der Waals surface area contributed by atoms with Crippen LogP contribution in [-0.2, 0) is 6.42 Å². The Hall–Kier alpha value is -2.11. The van der Waals surface area contributed by atoms with Crippen LogP contribution in [0.1, 0.15) is 12.5 Å². The van der Waals surface area contributed by atoms with E-state index in [0.717, 1.165) is 33.9 Å². The Kier molecular flexibility index (Phi) is 4.27. The highest BCUT2D eigenvalue weighted by atomic mass is 35.5. The van der Waals surface area contributed by atoms with E-state index in [1.54, 1.807) is 0 Å². The van der Waals surface area contributed by atoms with E-state index in [4.69, 9.17) is 28.2 Å². The van der Waals surface area contributed by atoms with Gasteiger partial charge in [-0.2, -0.15) is 0 Å². The van der Waals surface area contributed by atoms with E-state index in [1.807, 2.05) is 42.5 Å². The minimum Gasteiger partial charge on any atom is -0.409 e. The third-order valence-corrected chi connectivity index (χ3v) is 3.95. The zero-order valence-corrected chi connectivity index (χ0v) is 13.5. The van der Waals surface area contributed by atoms with Gasteiger partial charge < -0.3 is 9.73 Å². The second-order valence-electron chi connectivity index (χ2n) is 4.72. The van der Waals surface area contributed by atoms with Crippen molar-refractivity contribution in [2.24, 2.45) is 0 Å². The summed E-state index contributed by atoms with van der Waals surface area (Å²) >= 11 is 11.4. The second kappa shape index (κ2) is 6.34. The highest BCUT2D eigenvalue weighted by molar-refractivity contribution is 7.71. The molecule has 1 aromatic heterocycles. The first-order valence-electron chi connectivity index (χ1n) is 6.88. The first-order chi connectivity index (χ1) is 10.7. The van der Waals surface area contributed by atoms with Gasteiger partial charge in [-0.05, 0) is 42.4 Å². The van der Waals surface area contributed by atoms with Gasteiger partial charge in [0.05, 0.1) is 22.0 Å². The van der Waals surface area contributed by atoms with Crippen LogP contribution in [0.3, 0.4) is 0 Å². The third-order valence-electron chi connectivity index (χ3n) is 3.32. The van der Waals surface area contributed by atoms with Gasteiger partial charge in [0, 0.05) is 0 Å². The third kappa shape index (κ3) is 2.91. The lowest BCUT2D eigenvalue weighted by atomic mass is 10.1. The van der Waals surface area contributed by atoms with Crippen LogP contribution in [0.15, 0.2) is 46.9 Å². The number of H-pyrrole nitrogens is 1. The maximum atomic E-state index is 6.44. The Morgan fingerprint density at radius 1 is 1.18 bits per heavy atom. The van der Waals surface area contributed by atoms with Crippen molar-refractivity contribution >= 4 is 35.2 Å². The fourth-order valence-electron chi connectivity index (χ4n) is 2.22. The van der Waals surface area contributed by atoms with Crippen LogP contribution >= 0.6 is 23.8 Å². The molecular formula is C16H14ClN3OS. The summed E-state index contributed by atoms with van der Waals surface area (Å²) in [5.74, 6) is 0.441. The molecule has 3 aromatic rings. The summed E-state index contributed by atoms with van der Waals surface area (Å²) in [6.45, 7) is 2.08. The van der Waals surface area contributed by atoms with Gasteiger partial charge in [-0.15, -0.1) is 5.10 Å². The molecule has 22 heavy (non-hydrogen) atoms. The summed E-state index contributed by atoms with van der Waals surface area (Å²) in [5.41, 5.74) is 3.61. The average molecular weight is 332 g/mol. The predicted molar refractivity (Wildman–Crippen MR) is 91.2 cm³/mol. The lowest BCUT2D eigenvalue weighted by Crippen LogP contribution is -1.96. The largest absolute Gasteiger partial charge is 0.409 e. The van der Waals surface area contributed by atoms with Crippen molar-refractivity contribution in [2.75, 3.05) is 5.32 Å². The molecule has 2 aromatic carbocycles. The fourth-order valence-corrected chi connectivity index (χ4v) is 2.65. The number of nitrogens with one attached hydrogen (secondary N) is 2. The van der Waals surface area contributed by atoms with Gasteiger partial charge in [-0.1, -0.05) is 42.8 Å². The first kappa shape index (κ1) is 14.8.